The molecule has 3 aromatic carbocycles. The van der Waals surface area contributed by atoms with Gasteiger partial charge in [0.2, 0.25) is 0 Å². The van der Waals surface area contributed by atoms with Crippen LogP contribution in [0.5, 0.6) is 0 Å². The van der Waals surface area contributed by atoms with E-state index in [0.29, 0.717) is 18.8 Å². The molecule has 5 nitrogen and oxygen atoms in total. The fourth-order valence-corrected chi connectivity index (χ4v) is 4.28. The van der Waals surface area contributed by atoms with Gasteiger partial charge in [-0.25, -0.2) is 0 Å². The summed E-state index contributed by atoms with van der Waals surface area (Å²) in [5.74, 6) is 0.603. The predicted octanol–water partition coefficient (Wildman–Crippen LogP) is 5.42. The Kier molecular flexibility index (Phi) is 5.75. The summed E-state index contributed by atoms with van der Waals surface area (Å²) in [6.07, 6.45) is 0. The van der Waals surface area contributed by atoms with Crippen LogP contribution in [0.4, 0.5) is 5.69 Å². The molecule has 1 amide bonds. The van der Waals surface area contributed by atoms with Crippen LogP contribution >= 0.6 is 0 Å². The fraction of sp³-hybridized carbons (Fsp3) is 0.222. The molecule has 0 radical (unpaired) electrons. The van der Waals surface area contributed by atoms with Crippen molar-refractivity contribution in [2.75, 3.05) is 31.6 Å². The Morgan fingerprint density at radius 2 is 1.59 bits per heavy atom. The number of hydrogen-bond donors (Lipinski definition) is 1. The van der Waals surface area contributed by atoms with Crippen LogP contribution in [0.15, 0.2) is 83.3 Å². The largest absolute Gasteiger partial charge is 0.457 e. The van der Waals surface area contributed by atoms with Crippen molar-refractivity contribution >= 4 is 22.6 Å². The van der Waals surface area contributed by atoms with Gasteiger partial charge < -0.3 is 14.5 Å². The van der Waals surface area contributed by atoms with Crippen molar-refractivity contribution < 1.29 is 13.9 Å². The molecule has 0 aliphatic carbocycles. The van der Waals surface area contributed by atoms with Crippen LogP contribution in [0.25, 0.3) is 11.0 Å². The molecule has 1 fully saturated rings. The average molecular weight is 427 g/mol. The number of para-hydroxylation sites is 1. The topological polar surface area (TPSA) is 54.7 Å². The number of furan rings is 1. The van der Waals surface area contributed by atoms with Gasteiger partial charge in [0.25, 0.3) is 5.91 Å². The predicted molar refractivity (Wildman–Crippen MR) is 126 cm³/mol. The molecule has 162 valence electrons. The number of amides is 1. The van der Waals surface area contributed by atoms with Crippen molar-refractivity contribution in [3.8, 4) is 0 Å². The van der Waals surface area contributed by atoms with Gasteiger partial charge in [-0.15, -0.1) is 0 Å². The Morgan fingerprint density at radius 1 is 0.906 bits per heavy atom. The maximum Gasteiger partial charge on any atom is 0.255 e. The molecule has 5 heteroatoms. The highest BCUT2D eigenvalue weighted by atomic mass is 16.5. The first kappa shape index (κ1) is 20.5. The Balaban J connectivity index is 1.61. The van der Waals surface area contributed by atoms with E-state index in [1.54, 1.807) is 0 Å². The van der Waals surface area contributed by atoms with Crippen LogP contribution < -0.4 is 5.32 Å². The SMILES string of the molecule is Cc1ccc(C(=O)Nc2c(C(c3ccccc3)N3CCOCC3)oc3ccccc23)cc1. The molecule has 1 unspecified atom stereocenters. The van der Waals surface area contributed by atoms with Crippen molar-refractivity contribution in [2.24, 2.45) is 0 Å². The second-order valence-corrected chi connectivity index (χ2v) is 8.12. The van der Waals surface area contributed by atoms with Gasteiger partial charge in [-0.2, -0.15) is 0 Å². The number of nitrogens with zero attached hydrogens (tertiary/aromatic N) is 1. The van der Waals surface area contributed by atoms with E-state index in [9.17, 15) is 4.79 Å². The number of carbonyl (C=O) groups is 1. The Morgan fingerprint density at radius 3 is 2.34 bits per heavy atom. The highest BCUT2D eigenvalue weighted by molar-refractivity contribution is 6.09. The zero-order valence-electron chi connectivity index (χ0n) is 18.1. The normalized spacial score (nSPS) is 15.5. The number of carbonyl (C=O) groups excluding carboxylic acids is 1. The third kappa shape index (κ3) is 4.05. The van der Waals surface area contributed by atoms with E-state index < -0.39 is 0 Å². The first-order valence-electron chi connectivity index (χ1n) is 11.0. The van der Waals surface area contributed by atoms with Gasteiger partial charge in [0.1, 0.15) is 11.3 Å². The van der Waals surface area contributed by atoms with E-state index in [4.69, 9.17) is 9.15 Å². The van der Waals surface area contributed by atoms with Crippen molar-refractivity contribution in [3.05, 3.63) is 101 Å². The standard InChI is InChI=1S/C27H26N2O3/c1-19-11-13-21(14-12-19)27(30)28-24-22-9-5-6-10-23(22)32-26(24)25(20-7-3-2-4-8-20)29-15-17-31-18-16-29/h2-14,25H,15-18H2,1H3,(H,28,30). The molecule has 5 rings (SSSR count). The van der Waals surface area contributed by atoms with Crippen LogP contribution in [0.1, 0.15) is 33.3 Å². The first-order chi connectivity index (χ1) is 15.7. The molecule has 0 saturated carbocycles. The number of morpholine rings is 1. The van der Waals surface area contributed by atoms with Gasteiger partial charge >= 0.3 is 0 Å². The Hall–Kier alpha value is -3.41. The minimum absolute atomic E-state index is 0.124. The summed E-state index contributed by atoms with van der Waals surface area (Å²) >= 11 is 0. The minimum atomic E-state index is -0.147. The zero-order valence-corrected chi connectivity index (χ0v) is 18.1. The first-order valence-corrected chi connectivity index (χ1v) is 11.0. The van der Waals surface area contributed by atoms with E-state index in [1.807, 2.05) is 73.7 Å². The van der Waals surface area contributed by atoms with Gasteiger partial charge in [0.05, 0.1) is 24.9 Å². The van der Waals surface area contributed by atoms with Crippen molar-refractivity contribution in [1.29, 1.82) is 0 Å². The molecule has 1 saturated heterocycles. The van der Waals surface area contributed by atoms with Gasteiger partial charge in [0.15, 0.2) is 0 Å². The van der Waals surface area contributed by atoms with Crippen LogP contribution in [-0.2, 0) is 4.74 Å². The molecular formula is C27H26N2O3. The van der Waals surface area contributed by atoms with Crippen LogP contribution in [-0.4, -0.2) is 37.1 Å². The molecule has 1 aliphatic heterocycles. The second kappa shape index (κ2) is 8.99. The summed E-state index contributed by atoms with van der Waals surface area (Å²) in [4.78, 5) is 15.5. The van der Waals surface area contributed by atoms with E-state index >= 15 is 0 Å². The number of aryl methyl sites for hydroxylation is 1. The van der Waals surface area contributed by atoms with Crippen LogP contribution in [0, 0.1) is 6.92 Å². The molecule has 0 spiro atoms. The molecule has 1 aliphatic rings. The van der Waals surface area contributed by atoms with Gasteiger partial charge in [0, 0.05) is 24.0 Å². The summed E-state index contributed by atoms with van der Waals surface area (Å²) in [7, 11) is 0. The van der Waals surface area contributed by atoms with Gasteiger partial charge in [-0.3, -0.25) is 9.69 Å². The van der Waals surface area contributed by atoms with Crippen molar-refractivity contribution in [2.45, 2.75) is 13.0 Å². The second-order valence-electron chi connectivity index (χ2n) is 8.12. The average Bonchev–Trinajstić information content (AvgIpc) is 3.19. The lowest BCUT2D eigenvalue weighted by atomic mass is 10.00. The van der Waals surface area contributed by atoms with Crippen molar-refractivity contribution in [3.63, 3.8) is 0 Å². The third-order valence-corrected chi connectivity index (χ3v) is 5.95. The smallest absolute Gasteiger partial charge is 0.255 e. The monoisotopic (exact) mass is 426 g/mol. The summed E-state index contributed by atoms with van der Waals surface area (Å²) in [6, 6.07) is 25.6. The summed E-state index contributed by atoms with van der Waals surface area (Å²) < 4.78 is 12.0. The summed E-state index contributed by atoms with van der Waals surface area (Å²) in [5, 5.41) is 4.07. The lowest BCUT2D eigenvalue weighted by Crippen LogP contribution is -2.39. The molecular weight excluding hydrogens is 400 g/mol. The van der Waals surface area contributed by atoms with E-state index in [1.165, 1.54) is 0 Å². The molecule has 0 bridgehead atoms. The number of nitrogens with one attached hydrogen (secondary N) is 1. The minimum Gasteiger partial charge on any atom is -0.457 e. The number of hydrogen-bond acceptors (Lipinski definition) is 4. The van der Waals surface area contributed by atoms with E-state index in [0.717, 1.165) is 46.6 Å². The third-order valence-electron chi connectivity index (χ3n) is 5.95. The number of benzene rings is 3. The van der Waals surface area contributed by atoms with Crippen molar-refractivity contribution in [1.82, 2.24) is 4.90 Å². The maximum atomic E-state index is 13.2. The van der Waals surface area contributed by atoms with Crippen LogP contribution in [0.2, 0.25) is 0 Å². The van der Waals surface area contributed by atoms with E-state index in [-0.39, 0.29) is 11.9 Å². The molecule has 1 N–H and O–H groups in total. The number of rotatable bonds is 5. The van der Waals surface area contributed by atoms with Gasteiger partial charge in [-0.05, 0) is 36.8 Å². The zero-order chi connectivity index (χ0) is 21.9. The Labute approximate surface area is 187 Å². The summed E-state index contributed by atoms with van der Waals surface area (Å²) in [6.45, 7) is 4.95. The molecule has 4 aromatic rings. The maximum absolute atomic E-state index is 13.2. The number of fused-ring (bicyclic) bond motifs is 1. The highest BCUT2D eigenvalue weighted by Gasteiger charge is 2.31. The molecule has 2 heterocycles. The molecule has 32 heavy (non-hydrogen) atoms. The molecule has 1 atom stereocenters. The quantitative estimate of drug-likeness (QED) is 0.463. The van der Waals surface area contributed by atoms with Crippen LogP contribution in [0.3, 0.4) is 0 Å². The number of anilines is 1. The van der Waals surface area contributed by atoms with E-state index in [2.05, 4.69) is 22.3 Å². The Bertz CT molecular complexity index is 1210. The lowest BCUT2D eigenvalue weighted by molar-refractivity contribution is 0.0206. The molecule has 1 aromatic heterocycles. The number of ether oxygens (including phenoxy) is 1. The lowest BCUT2D eigenvalue weighted by Gasteiger charge is -2.34. The van der Waals surface area contributed by atoms with Gasteiger partial charge in [-0.1, -0.05) is 60.2 Å². The fourth-order valence-electron chi connectivity index (χ4n) is 4.28. The highest BCUT2D eigenvalue weighted by Crippen LogP contribution is 2.40. The summed E-state index contributed by atoms with van der Waals surface area (Å²) in [5.41, 5.74) is 4.35.